The fourth-order valence-corrected chi connectivity index (χ4v) is 1.72. The second kappa shape index (κ2) is 3.27. The molecular formula is C9H8BrNO. The second-order valence-electron chi connectivity index (χ2n) is 2.67. The van der Waals surface area contributed by atoms with E-state index in [1.54, 1.807) is 0 Å². The van der Waals surface area contributed by atoms with Gasteiger partial charge in [0.1, 0.15) is 11.2 Å². The maximum atomic E-state index is 4.96. The Morgan fingerprint density at radius 3 is 2.67 bits per heavy atom. The quantitative estimate of drug-likeness (QED) is 0.720. The van der Waals surface area contributed by atoms with Crippen molar-refractivity contribution in [1.29, 1.82) is 0 Å². The number of rotatable bonds is 1. The molecule has 0 aliphatic carbocycles. The summed E-state index contributed by atoms with van der Waals surface area (Å²) in [4.78, 5) is 4.96. The van der Waals surface area contributed by atoms with Gasteiger partial charge in [0.05, 0.1) is 5.92 Å². The topological polar surface area (TPSA) is 21.6 Å². The van der Waals surface area contributed by atoms with Gasteiger partial charge in [-0.25, -0.2) is 0 Å². The molecule has 1 heterocycles. The van der Waals surface area contributed by atoms with Crippen molar-refractivity contribution in [3.63, 3.8) is 0 Å². The lowest BCUT2D eigenvalue weighted by Gasteiger charge is -2.05. The van der Waals surface area contributed by atoms with Crippen LogP contribution in [0, 0.1) is 0 Å². The van der Waals surface area contributed by atoms with Crippen LogP contribution >= 0.6 is 15.9 Å². The van der Waals surface area contributed by atoms with E-state index in [1.807, 2.05) is 18.2 Å². The molecule has 0 spiro atoms. The van der Waals surface area contributed by atoms with Crippen LogP contribution in [0.25, 0.3) is 0 Å². The van der Waals surface area contributed by atoms with Gasteiger partial charge in [0.15, 0.2) is 0 Å². The van der Waals surface area contributed by atoms with Crippen LogP contribution in [0.15, 0.2) is 35.5 Å². The van der Waals surface area contributed by atoms with Gasteiger partial charge < -0.3 is 4.84 Å². The van der Waals surface area contributed by atoms with E-state index in [2.05, 4.69) is 33.2 Å². The normalized spacial score (nSPS) is 21.8. The van der Waals surface area contributed by atoms with Crippen molar-refractivity contribution in [2.24, 2.45) is 5.16 Å². The minimum absolute atomic E-state index is 0.284. The molecule has 3 heteroatoms. The molecule has 1 aliphatic heterocycles. The monoisotopic (exact) mass is 225 g/mol. The third-order valence-corrected chi connectivity index (χ3v) is 2.58. The van der Waals surface area contributed by atoms with Gasteiger partial charge in [0, 0.05) is 0 Å². The molecule has 0 bridgehead atoms. The molecule has 12 heavy (non-hydrogen) atoms. The average molecular weight is 226 g/mol. The minimum Gasteiger partial charge on any atom is -0.394 e. The van der Waals surface area contributed by atoms with E-state index in [4.69, 9.17) is 4.84 Å². The van der Waals surface area contributed by atoms with Gasteiger partial charge in [-0.05, 0) is 21.5 Å². The van der Waals surface area contributed by atoms with Gasteiger partial charge in [-0.15, -0.1) is 0 Å². The summed E-state index contributed by atoms with van der Waals surface area (Å²) in [7, 11) is 0. The summed E-state index contributed by atoms with van der Waals surface area (Å²) in [6.45, 7) is 0.643. The Bertz CT molecular complexity index is 297. The first kappa shape index (κ1) is 7.80. The highest BCUT2D eigenvalue weighted by molar-refractivity contribution is 9.18. The van der Waals surface area contributed by atoms with E-state index in [1.165, 1.54) is 5.56 Å². The molecule has 1 atom stereocenters. The number of nitrogens with zero attached hydrogens (tertiary/aromatic N) is 1. The lowest BCUT2D eigenvalue weighted by atomic mass is 10.0. The molecule has 1 unspecified atom stereocenters. The maximum absolute atomic E-state index is 4.96. The Balaban J connectivity index is 2.27. The van der Waals surface area contributed by atoms with E-state index in [9.17, 15) is 0 Å². The average Bonchev–Trinajstić information content (AvgIpc) is 2.53. The zero-order valence-electron chi connectivity index (χ0n) is 6.40. The van der Waals surface area contributed by atoms with Crippen LogP contribution in [0.2, 0.25) is 0 Å². The summed E-state index contributed by atoms with van der Waals surface area (Å²) in [6, 6.07) is 10.2. The van der Waals surface area contributed by atoms with Crippen LogP contribution in [0.5, 0.6) is 0 Å². The molecule has 1 aromatic carbocycles. The number of benzene rings is 1. The third-order valence-electron chi connectivity index (χ3n) is 1.88. The van der Waals surface area contributed by atoms with Crippen LogP contribution in [0.1, 0.15) is 11.5 Å². The molecule has 0 fully saturated rings. The molecule has 0 N–H and O–H groups in total. The Kier molecular flexibility index (Phi) is 2.13. The third kappa shape index (κ3) is 1.37. The van der Waals surface area contributed by atoms with Gasteiger partial charge in [-0.3, -0.25) is 0 Å². The summed E-state index contributed by atoms with van der Waals surface area (Å²) < 4.78 is 0.883. The number of hydrogen-bond donors (Lipinski definition) is 0. The van der Waals surface area contributed by atoms with Gasteiger partial charge in [-0.2, -0.15) is 0 Å². The highest BCUT2D eigenvalue weighted by atomic mass is 79.9. The van der Waals surface area contributed by atoms with Crippen molar-refractivity contribution in [2.45, 2.75) is 5.92 Å². The Hall–Kier alpha value is -0.830. The number of halogens is 1. The molecule has 0 radical (unpaired) electrons. The smallest absolute Gasteiger partial charge is 0.133 e. The minimum atomic E-state index is 0.284. The predicted molar refractivity (Wildman–Crippen MR) is 51.5 cm³/mol. The van der Waals surface area contributed by atoms with Crippen LogP contribution in [-0.4, -0.2) is 11.2 Å². The van der Waals surface area contributed by atoms with Gasteiger partial charge in [0.2, 0.25) is 0 Å². The molecule has 1 aromatic rings. The highest BCUT2D eigenvalue weighted by Crippen LogP contribution is 2.25. The summed E-state index contributed by atoms with van der Waals surface area (Å²) in [5, 5.41) is 3.83. The largest absolute Gasteiger partial charge is 0.394 e. The fraction of sp³-hybridized carbons (Fsp3) is 0.222. The molecule has 1 aliphatic rings. The molecule has 0 amide bonds. The molecule has 0 saturated carbocycles. The molecule has 0 aromatic heterocycles. The Morgan fingerprint density at radius 1 is 1.33 bits per heavy atom. The predicted octanol–water partition coefficient (Wildman–Crippen LogP) is 2.51. The van der Waals surface area contributed by atoms with E-state index >= 15 is 0 Å². The van der Waals surface area contributed by atoms with E-state index in [0.717, 1.165) is 4.62 Å². The molecule has 2 nitrogen and oxygen atoms in total. The summed E-state index contributed by atoms with van der Waals surface area (Å²) in [5.74, 6) is 0.284. The molecule has 2 rings (SSSR count). The summed E-state index contributed by atoms with van der Waals surface area (Å²) in [6.07, 6.45) is 0. The lowest BCUT2D eigenvalue weighted by molar-refractivity contribution is 0.166. The van der Waals surface area contributed by atoms with Crippen LogP contribution < -0.4 is 0 Å². The number of hydrogen-bond acceptors (Lipinski definition) is 2. The summed E-state index contributed by atoms with van der Waals surface area (Å²) >= 11 is 3.37. The van der Waals surface area contributed by atoms with Gasteiger partial charge >= 0.3 is 0 Å². The highest BCUT2D eigenvalue weighted by Gasteiger charge is 2.22. The van der Waals surface area contributed by atoms with E-state index in [0.29, 0.717) is 6.61 Å². The van der Waals surface area contributed by atoms with Crippen LogP contribution in [0.4, 0.5) is 0 Å². The summed E-state index contributed by atoms with van der Waals surface area (Å²) in [5.41, 5.74) is 1.24. The first-order valence-electron chi connectivity index (χ1n) is 3.78. The Labute approximate surface area is 79.4 Å². The van der Waals surface area contributed by atoms with Crippen molar-refractivity contribution >= 4 is 20.6 Å². The van der Waals surface area contributed by atoms with Crippen LogP contribution in [0.3, 0.4) is 0 Å². The van der Waals surface area contributed by atoms with Crippen molar-refractivity contribution in [3.05, 3.63) is 35.9 Å². The van der Waals surface area contributed by atoms with E-state index in [-0.39, 0.29) is 5.92 Å². The van der Waals surface area contributed by atoms with Crippen LogP contribution in [-0.2, 0) is 4.84 Å². The second-order valence-corrected chi connectivity index (χ2v) is 3.49. The zero-order valence-corrected chi connectivity index (χ0v) is 7.99. The van der Waals surface area contributed by atoms with Gasteiger partial charge in [0.25, 0.3) is 0 Å². The van der Waals surface area contributed by atoms with Gasteiger partial charge in [-0.1, -0.05) is 35.5 Å². The van der Waals surface area contributed by atoms with Crippen molar-refractivity contribution in [3.8, 4) is 0 Å². The first-order valence-corrected chi connectivity index (χ1v) is 4.57. The zero-order chi connectivity index (χ0) is 8.39. The number of oxime groups is 1. The molecule has 0 saturated heterocycles. The lowest BCUT2D eigenvalue weighted by Crippen LogP contribution is -2.04. The van der Waals surface area contributed by atoms with Crippen molar-refractivity contribution < 1.29 is 4.84 Å². The van der Waals surface area contributed by atoms with E-state index < -0.39 is 0 Å². The molecular weight excluding hydrogens is 218 g/mol. The SMILES string of the molecule is BrC1=NOCC1c1ccccc1. The van der Waals surface area contributed by atoms with Crippen molar-refractivity contribution in [2.75, 3.05) is 6.61 Å². The standard InChI is InChI=1S/C9H8BrNO/c10-9-8(6-12-11-9)7-4-2-1-3-5-7/h1-5,8H,6H2. The fourth-order valence-electron chi connectivity index (χ4n) is 1.22. The molecule has 62 valence electrons. The first-order chi connectivity index (χ1) is 5.88. The Morgan fingerprint density at radius 2 is 2.08 bits per heavy atom. The van der Waals surface area contributed by atoms with Crippen molar-refractivity contribution in [1.82, 2.24) is 0 Å². The maximum Gasteiger partial charge on any atom is 0.133 e.